The molecule has 3 aromatic carbocycles. The Labute approximate surface area is 151 Å². The molecule has 0 amide bonds. The van der Waals surface area contributed by atoms with Crippen molar-refractivity contribution in [1.29, 1.82) is 0 Å². The van der Waals surface area contributed by atoms with E-state index in [0.29, 0.717) is 5.92 Å². The van der Waals surface area contributed by atoms with Crippen molar-refractivity contribution in [1.82, 2.24) is 0 Å². The van der Waals surface area contributed by atoms with Gasteiger partial charge in [0.2, 0.25) is 0 Å². The van der Waals surface area contributed by atoms with E-state index in [4.69, 9.17) is 4.18 Å². The molecule has 0 aliphatic heterocycles. The summed E-state index contributed by atoms with van der Waals surface area (Å²) in [6.07, 6.45) is 4.44. The van der Waals surface area contributed by atoms with Crippen LogP contribution in [-0.4, -0.2) is 10.3 Å². The van der Waals surface area contributed by atoms with Crippen molar-refractivity contribution >= 4 is 21.9 Å². The number of benzene rings is 3. The minimum atomic E-state index is -1.43. The van der Waals surface area contributed by atoms with Crippen molar-refractivity contribution in [3.63, 3.8) is 0 Å². The van der Waals surface area contributed by atoms with E-state index < -0.39 is 11.1 Å². The van der Waals surface area contributed by atoms with Gasteiger partial charge in [-0.1, -0.05) is 73.5 Å². The van der Waals surface area contributed by atoms with Crippen molar-refractivity contribution in [2.75, 3.05) is 0 Å². The molecule has 0 spiro atoms. The first-order chi connectivity index (χ1) is 12.3. The van der Waals surface area contributed by atoms with Crippen molar-refractivity contribution in [2.45, 2.75) is 42.6 Å². The van der Waals surface area contributed by atoms with Gasteiger partial charge in [0.25, 0.3) is 0 Å². The van der Waals surface area contributed by atoms with Gasteiger partial charge in [-0.05, 0) is 41.3 Å². The Bertz CT molecular complexity index is 875. The summed E-state index contributed by atoms with van der Waals surface area (Å²) in [6.45, 7) is 0. The third kappa shape index (κ3) is 3.68. The van der Waals surface area contributed by atoms with Gasteiger partial charge >= 0.3 is 0 Å². The van der Waals surface area contributed by atoms with Gasteiger partial charge in [-0.15, -0.1) is 0 Å². The highest BCUT2D eigenvalue weighted by Gasteiger charge is 2.29. The standard InChI is InChI=1S/C22H22O2S/c23-25(20-15-14-17-8-4-5-11-19(17)16-20)24-22-13-7-6-12-21(22)18-9-2-1-3-10-18/h1-5,8-11,14-16,21-22H,6-7,12-13H2/t21-,22+,25?/m1/s1. The number of hydrogen-bond acceptors (Lipinski definition) is 2. The molecule has 2 nitrogen and oxygen atoms in total. The fourth-order valence-corrected chi connectivity index (χ4v) is 4.70. The Hall–Kier alpha value is -1.97. The maximum atomic E-state index is 12.8. The third-order valence-corrected chi connectivity index (χ3v) is 6.12. The molecular formula is C22H22O2S. The molecule has 1 aliphatic rings. The summed E-state index contributed by atoms with van der Waals surface area (Å²) >= 11 is -1.43. The molecule has 0 saturated heterocycles. The fourth-order valence-electron chi connectivity index (χ4n) is 3.73. The molecule has 0 N–H and O–H groups in total. The molecule has 0 bridgehead atoms. The molecule has 3 aromatic rings. The molecule has 1 fully saturated rings. The lowest BCUT2D eigenvalue weighted by molar-refractivity contribution is 0.147. The van der Waals surface area contributed by atoms with Gasteiger partial charge in [0.05, 0.1) is 11.0 Å². The molecule has 1 saturated carbocycles. The molecule has 25 heavy (non-hydrogen) atoms. The van der Waals surface area contributed by atoms with Crippen LogP contribution in [0.3, 0.4) is 0 Å². The maximum Gasteiger partial charge on any atom is 0.189 e. The van der Waals surface area contributed by atoms with E-state index in [1.54, 1.807) is 0 Å². The largest absolute Gasteiger partial charge is 0.283 e. The predicted octanol–water partition coefficient (Wildman–Crippen LogP) is 5.61. The van der Waals surface area contributed by atoms with Gasteiger partial charge in [0, 0.05) is 5.92 Å². The molecular weight excluding hydrogens is 328 g/mol. The molecule has 0 aromatic heterocycles. The van der Waals surface area contributed by atoms with Crippen molar-refractivity contribution in [3.05, 3.63) is 78.4 Å². The van der Waals surface area contributed by atoms with E-state index in [1.165, 1.54) is 12.0 Å². The smallest absolute Gasteiger partial charge is 0.189 e. The van der Waals surface area contributed by atoms with Crippen LogP contribution in [0.25, 0.3) is 10.8 Å². The lowest BCUT2D eigenvalue weighted by Gasteiger charge is -2.31. The topological polar surface area (TPSA) is 26.3 Å². The SMILES string of the molecule is O=S(O[C@H]1CCCC[C@@H]1c1ccccc1)c1ccc2ccccc2c1. The summed E-state index contributed by atoms with van der Waals surface area (Å²) in [5.41, 5.74) is 1.29. The monoisotopic (exact) mass is 350 g/mol. The van der Waals surface area contributed by atoms with Gasteiger partial charge in [0.1, 0.15) is 0 Å². The summed E-state index contributed by atoms with van der Waals surface area (Å²) in [5.74, 6) is 0.333. The van der Waals surface area contributed by atoms with Gasteiger partial charge in [-0.3, -0.25) is 4.18 Å². The Kier molecular flexibility index (Phi) is 4.95. The highest BCUT2D eigenvalue weighted by molar-refractivity contribution is 7.80. The van der Waals surface area contributed by atoms with E-state index in [0.717, 1.165) is 34.9 Å². The predicted molar refractivity (Wildman–Crippen MR) is 103 cm³/mol. The van der Waals surface area contributed by atoms with Crippen LogP contribution in [0.2, 0.25) is 0 Å². The van der Waals surface area contributed by atoms with Gasteiger partial charge in [-0.25, -0.2) is 4.21 Å². The Morgan fingerprint density at radius 1 is 0.800 bits per heavy atom. The summed E-state index contributed by atoms with van der Waals surface area (Å²) < 4.78 is 18.9. The third-order valence-electron chi connectivity index (χ3n) is 5.05. The molecule has 1 aliphatic carbocycles. The van der Waals surface area contributed by atoms with Crippen LogP contribution in [-0.2, 0) is 15.3 Å². The van der Waals surface area contributed by atoms with Crippen LogP contribution in [0.5, 0.6) is 0 Å². The quantitative estimate of drug-likeness (QED) is 0.612. The second kappa shape index (κ2) is 7.51. The zero-order valence-electron chi connectivity index (χ0n) is 14.1. The van der Waals surface area contributed by atoms with Crippen LogP contribution in [0.15, 0.2) is 77.7 Å². The molecule has 3 atom stereocenters. The van der Waals surface area contributed by atoms with E-state index >= 15 is 0 Å². The summed E-state index contributed by atoms with van der Waals surface area (Å²) in [7, 11) is 0. The lowest BCUT2D eigenvalue weighted by Crippen LogP contribution is -2.27. The Morgan fingerprint density at radius 3 is 2.36 bits per heavy atom. The van der Waals surface area contributed by atoms with Crippen molar-refractivity contribution in [2.24, 2.45) is 0 Å². The molecule has 1 unspecified atom stereocenters. The maximum absolute atomic E-state index is 12.8. The first kappa shape index (κ1) is 16.5. The molecule has 0 radical (unpaired) electrons. The number of fused-ring (bicyclic) bond motifs is 1. The summed E-state index contributed by atoms with van der Waals surface area (Å²) in [5, 5.41) is 2.25. The van der Waals surface area contributed by atoms with Gasteiger partial charge in [-0.2, -0.15) is 0 Å². The first-order valence-electron chi connectivity index (χ1n) is 8.94. The second-order valence-corrected chi connectivity index (χ2v) is 7.81. The van der Waals surface area contributed by atoms with Crippen molar-refractivity contribution in [3.8, 4) is 0 Å². The van der Waals surface area contributed by atoms with E-state index in [1.807, 2.05) is 42.5 Å². The average molecular weight is 350 g/mol. The van der Waals surface area contributed by atoms with E-state index in [9.17, 15) is 4.21 Å². The van der Waals surface area contributed by atoms with E-state index in [-0.39, 0.29) is 6.10 Å². The zero-order valence-corrected chi connectivity index (χ0v) is 15.0. The lowest BCUT2D eigenvalue weighted by atomic mass is 9.82. The van der Waals surface area contributed by atoms with Gasteiger partial charge < -0.3 is 0 Å². The first-order valence-corrected chi connectivity index (χ1v) is 10.0. The van der Waals surface area contributed by atoms with Crippen LogP contribution in [0, 0.1) is 0 Å². The molecule has 3 heteroatoms. The second-order valence-electron chi connectivity index (χ2n) is 6.68. The number of hydrogen-bond donors (Lipinski definition) is 0. The fraction of sp³-hybridized carbons (Fsp3) is 0.273. The minimum absolute atomic E-state index is 0.0171. The highest BCUT2D eigenvalue weighted by Crippen LogP contribution is 2.36. The molecule has 4 rings (SSSR count). The van der Waals surface area contributed by atoms with Crippen molar-refractivity contribution < 1.29 is 8.39 Å². The summed E-state index contributed by atoms with van der Waals surface area (Å²) in [6, 6.07) is 24.5. The normalized spacial score (nSPS) is 21.9. The zero-order chi connectivity index (χ0) is 17.1. The van der Waals surface area contributed by atoms with Crippen LogP contribution in [0.1, 0.15) is 37.2 Å². The van der Waals surface area contributed by atoms with Crippen LogP contribution in [0.4, 0.5) is 0 Å². The molecule has 128 valence electrons. The van der Waals surface area contributed by atoms with Crippen LogP contribution < -0.4 is 0 Å². The molecule has 0 heterocycles. The van der Waals surface area contributed by atoms with Gasteiger partial charge in [0.15, 0.2) is 11.1 Å². The Morgan fingerprint density at radius 2 is 1.52 bits per heavy atom. The highest BCUT2D eigenvalue weighted by atomic mass is 32.2. The minimum Gasteiger partial charge on any atom is -0.283 e. The van der Waals surface area contributed by atoms with E-state index in [2.05, 4.69) is 30.3 Å². The number of rotatable bonds is 4. The average Bonchev–Trinajstić information content (AvgIpc) is 2.68. The summed E-state index contributed by atoms with van der Waals surface area (Å²) in [4.78, 5) is 0.746. The van der Waals surface area contributed by atoms with Crippen LogP contribution >= 0.6 is 0 Å². The Balaban J connectivity index is 1.55.